The lowest BCUT2D eigenvalue weighted by atomic mass is 9.91. The number of rotatable bonds is 18. The van der Waals surface area contributed by atoms with Crippen LogP contribution in [0, 0.1) is 10.8 Å². The van der Waals surface area contributed by atoms with Crippen LogP contribution in [0.2, 0.25) is 0 Å². The monoisotopic (exact) mass is 444 g/mol. The van der Waals surface area contributed by atoms with E-state index in [1.807, 2.05) is 0 Å². The second-order valence-corrected chi connectivity index (χ2v) is 11.5. The molecular formula is C25H52N2O4. The highest BCUT2D eigenvalue weighted by Crippen LogP contribution is 2.20. The van der Waals surface area contributed by atoms with Gasteiger partial charge in [-0.15, -0.1) is 0 Å². The highest BCUT2D eigenvalue weighted by atomic mass is 16.5. The molecule has 0 heterocycles. The molecule has 0 unspecified atom stereocenters. The van der Waals surface area contributed by atoms with Crippen molar-refractivity contribution >= 4 is 5.91 Å². The zero-order valence-electron chi connectivity index (χ0n) is 21.8. The molecule has 186 valence electrons. The van der Waals surface area contributed by atoms with Gasteiger partial charge in [-0.1, -0.05) is 41.5 Å². The third-order valence-corrected chi connectivity index (χ3v) is 4.98. The first-order valence-corrected chi connectivity index (χ1v) is 12.1. The first-order chi connectivity index (χ1) is 14.3. The quantitative estimate of drug-likeness (QED) is 0.303. The molecule has 0 rings (SSSR count). The largest absolute Gasteiger partial charge is 0.379 e. The summed E-state index contributed by atoms with van der Waals surface area (Å²) in [7, 11) is 0. The minimum absolute atomic E-state index is 0.0350. The maximum atomic E-state index is 12.0. The summed E-state index contributed by atoms with van der Waals surface area (Å²) in [6, 6.07) is 0. The maximum Gasteiger partial charge on any atom is 0.220 e. The van der Waals surface area contributed by atoms with Crippen LogP contribution >= 0.6 is 0 Å². The lowest BCUT2D eigenvalue weighted by Gasteiger charge is -2.28. The van der Waals surface area contributed by atoms with Crippen LogP contribution in [-0.2, 0) is 19.0 Å². The number of nitrogens with one attached hydrogen (secondary N) is 2. The van der Waals surface area contributed by atoms with E-state index >= 15 is 0 Å². The minimum Gasteiger partial charge on any atom is -0.379 e. The lowest BCUT2D eigenvalue weighted by Crippen LogP contribution is -2.42. The van der Waals surface area contributed by atoms with Crippen molar-refractivity contribution in [2.75, 3.05) is 52.7 Å². The smallest absolute Gasteiger partial charge is 0.220 e. The van der Waals surface area contributed by atoms with E-state index in [1.165, 1.54) is 6.42 Å². The van der Waals surface area contributed by atoms with Crippen LogP contribution in [0.1, 0.15) is 87.5 Å². The number of carbonyl (C=O) groups is 1. The molecule has 1 amide bonds. The van der Waals surface area contributed by atoms with Gasteiger partial charge in [0.2, 0.25) is 5.91 Å². The van der Waals surface area contributed by atoms with E-state index in [1.54, 1.807) is 0 Å². The molecule has 0 atom stereocenters. The average Bonchev–Trinajstić information content (AvgIpc) is 2.61. The Balaban J connectivity index is 3.48. The fraction of sp³-hybridized carbons (Fsp3) is 0.960. The van der Waals surface area contributed by atoms with Gasteiger partial charge in [-0.3, -0.25) is 4.79 Å². The van der Waals surface area contributed by atoms with Crippen LogP contribution in [0.3, 0.4) is 0 Å². The first kappa shape index (κ1) is 30.3. The van der Waals surface area contributed by atoms with Gasteiger partial charge in [0, 0.05) is 25.1 Å². The Morgan fingerprint density at radius 3 is 1.71 bits per heavy atom. The Hall–Kier alpha value is -0.690. The molecule has 2 N–H and O–H groups in total. The third-order valence-electron chi connectivity index (χ3n) is 4.98. The zero-order chi connectivity index (χ0) is 23.8. The van der Waals surface area contributed by atoms with Crippen molar-refractivity contribution in [1.29, 1.82) is 0 Å². The standard InChI is InChI=1S/C25H52N2O4/c1-23(2,3)11-9-16-29-18-20-31-21-19-30-17-15-26-22(28)10-12-25(7,8)27-14-13-24(4,5)6/h27H,9-21H2,1-8H3,(H,26,28). The first-order valence-electron chi connectivity index (χ1n) is 12.1. The molecule has 0 aromatic carbocycles. The molecule has 0 fully saturated rings. The second kappa shape index (κ2) is 16.0. The van der Waals surface area contributed by atoms with Gasteiger partial charge >= 0.3 is 0 Å². The van der Waals surface area contributed by atoms with Gasteiger partial charge in [0.1, 0.15) is 0 Å². The Labute approximate surface area is 192 Å². The minimum atomic E-state index is -0.0350. The van der Waals surface area contributed by atoms with Crippen molar-refractivity contribution < 1.29 is 19.0 Å². The van der Waals surface area contributed by atoms with Crippen LogP contribution in [0.4, 0.5) is 0 Å². The molecule has 0 radical (unpaired) electrons. The van der Waals surface area contributed by atoms with Crippen LogP contribution in [0.15, 0.2) is 0 Å². The molecule has 0 saturated heterocycles. The van der Waals surface area contributed by atoms with Gasteiger partial charge in [0.25, 0.3) is 0 Å². The molecule has 0 saturated carbocycles. The fourth-order valence-electron chi connectivity index (χ4n) is 2.89. The summed E-state index contributed by atoms with van der Waals surface area (Å²) in [6.45, 7) is 22.9. The molecule has 0 aromatic heterocycles. The van der Waals surface area contributed by atoms with Crippen molar-refractivity contribution in [1.82, 2.24) is 10.6 Å². The SMILES string of the molecule is CC(C)(C)CCCOCCOCCOCCNC(=O)CCC(C)(C)NCCC(C)(C)C. The Kier molecular flexibility index (Phi) is 15.6. The highest BCUT2D eigenvalue weighted by molar-refractivity contribution is 5.75. The summed E-state index contributed by atoms with van der Waals surface area (Å²) >= 11 is 0. The van der Waals surface area contributed by atoms with E-state index in [0.717, 1.165) is 32.4 Å². The number of ether oxygens (including phenoxy) is 3. The van der Waals surface area contributed by atoms with Crippen LogP contribution < -0.4 is 10.6 Å². The van der Waals surface area contributed by atoms with Crippen molar-refractivity contribution in [2.45, 2.75) is 93.0 Å². The Bertz CT molecular complexity index is 453. The molecule has 0 spiro atoms. The number of hydrogen-bond donors (Lipinski definition) is 2. The van der Waals surface area contributed by atoms with Crippen molar-refractivity contribution in [3.8, 4) is 0 Å². The van der Waals surface area contributed by atoms with E-state index in [-0.39, 0.29) is 11.4 Å². The van der Waals surface area contributed by atoms with E-state index < -0.39 is 0 Å². The van der Waals surface area contributed by atoms with Gasteiger partial charge in [-0.2, -0.15) is 0 Å². The molecule has 6 heteroatoms. The van der Waals surface area contributed by atoms with E-state index in [2.05, 4.69) is 66.0 Å². The number of hydrogen-bond acceptors (Lipinski definition) is 5. The van der Waals surface area contributed by atoms with Crippen molar-refractivity contribution in [3.05, 3.63) is 0 Å². The molecule has 0 aliphatic heterocycles. The summed E-state index contributed by atoms with van der Waals surface area (Å²) in [5.41, 5.74) is 0.661. The van der Waals surface area contributed by atoms with Crippen LogP contribution in [0.25, 0.3) is 0 Å². The van der Waals surface area contributed by atoms with Gasteiger partial charge in [-0.25, -0.2) is 0 Å². The molecule has 6 nitrogen and oxygen atoms in total. The lowest BCUT2D eigenvalue weighted by molar-refractivity contribution is -0.121. The van der Waals surface area contributed by atoms with Gasteiger partial charge < -0.3 is 24.8 Å². The molecular weight excluding hydrogens is 392 g/mol. The maximum absolute atomic E-state index is 12.0. The van der Waals surface area contributed by atoms with Crippen LogP contribution in [0.5, 0.6) is 0 Å². The summed E-state index contributed by atoms with van der Waals surface area (Å²) in [4.78, 5) is 12.0. The fourth-order valence-corrected chi connectivity index (χ4v) is 2.89. The van der Waals surface area contributed by atoms with E-state index in [4.69, 9.17) is 14.2 Å². The summed E-state index contributed by atoms with van der Waals surface area (Å²) in [5.74, 6) is 0.0779. The Morgan fingerprint density at radius 2 is 1.16 bits per heavy atom. The average molecular weight is 445 g/mol. The van der Waals surface area contributed by atoms with Crippen molar-refractivity contribution in [3.63, 3.8) is 0 Å². The Morgan fingerprint density at radius 1 is 0.645 bits per heavy atom. The normalized spacial score (nSPS) is 12.9. The zero-order valence-corrected chi connectivity index (χ0v) is 21.8. The highest BCUT2D eigenvalue weighted by Gasteiger charge is 2.19. The summed E-state index contributed by atoms with van der Waals surface area (Å²) in [5, 5.41) is 6.49. The third kappa shape index (κ3) is 23.8. The topological polar surface area (TPSA) is 68.8 Å². The predicted octanol–water partition coefficient (Wildman–Crippen LogP) is 4.56. The number of amides is 1. The van der Waals surface area contributed by atoms with Crippen LogP contribution in [-0.4, -0.2) is 64.2 Å². The predicted molar refractivity (Wildman–Crippen MR) is 130 cm³/mol. The van der Waals surface area contributed by atoms with E-state index in [0.29, 0.717) is 56.8 Å². The summed E-state index contributed by atoms with van der Waals surface area (Å²) in [6.07, 6.45) is 4.71. The molecule has 0 aromatic rings. The molecule has 31 heavy (non-hydrogen) atoms. The molecule has 0 aliphatic carbocycles. The van der Waals surface area contributed by atoms with E-state index in [9.17, 15) is 4.79 Å². The van der Waals surface area contributed by atoms with Crippen molar-refractivity contribution in [2.24, 2.45) is 10.8 Å². The van der Waals surface area contributed by atoms with Gasteiger partial charge in [0.15, 0.2) is 0 Å². The number of carbonyl (C=O) groups excluding carboxylic acids is 1. The summed E-state index contributed by atoms with van der Waals surface area (Å²) < 4.78 is 16.6. The van der Waals surface area contributed by atoms with Gasteiger partial charge in [-0.05, 0) is 56.9 Å². The molecule has 0 bridgehead atoms. The second-order valence-electron chi connectivity index (χ2n) is 11.5. The van der Waals surface area contributed by atoms with Gasteiger partial charge in [0.05, 0.1) is 33.0 Å². The molecule has 0 aliphatic rings.